The molecular weight excluding hydrogens is 462 g/mol. The molecule has 0 unspecified atom stereocenters. The molecule has 5 rings (SSSR count). The van der Waals surface area contributed by atoms with Crippen molar-refractivity contribution in [3.63, 3.8) is 0 Å². The zero-order valence-electron chi connectivity index (χ0n) is 20.5. The molecule has 3 N–H and O–H groups in total. The molecule has 0 atom stereocenters. The number of anilines is 4. The van der Waals surface area contributed by atoms with Crippen LogP contribution in [0.3, 0.4) is 0 Å². The smallest absolute Gasteiger partial charge is 0.252 e. The average Bonchev–Trinajstić information content (AvgIpc) is 3.43. The molecule has 13 nitrogen and oxygen atoms in total. The van der Waals surface area contributed by atoms with Crippen LogP contribution in [0.1, 0.15) is 16.1 Å². The number of hydrogen-bond donors (Lipinski definition) is 3. The fourth-order valence-electron chi connectivity index (χ4n) is 3.97. The van der Waals surface area contributed by atoms with Crippen LogP contribution in [-0.2, 0) is 18.8 Å². The van der Waals surface area contributed by atoms with Gasteiger partial charge < -0.3 is 20.7 Å². The van der Waals surface area contributed by atoms with E-state index in [-0.39, 0.29) is 5.91 Å². The molecule has 1 aliphatic heterocycles. The molecule has 13 heteroatoms. The Morgan fingerprint density at radius 2 is 1.94 bits per heavy atom. The number of aryl methyl sites for hydroxylation is 3. The summed E-state index contributed by atoms with van der Waals surface area (Å²) in [6.45, 7) is 6.47. The van der Waals surface area contributed by atoms with Crippen molar-refractivity contribution in [2.24, 2.45) is 14.1 Å². The highest BCUT2D eigenvalue weighted by atomic mass is 16.5. The summed E-state index contributed by atoms with van der Waals surface area (Å²) < 4.78 is 8.74. The molecule has 1 amide bonds. The van der Waals surface area contributed by atoms with Crippen molar-refractivity contribution in [1.29, 1.82) is 0 Å². The van der Waals surface area contributed by atoms with E-state index in [4.69, 9.17) is 4.74 Å². The van der Waals surface area contributed by atoms with Crippen LogP contribution in [0.4, 0.5) is 23.1 Å². The Hall–Kier alpha value is -4.10. The van der Waals surface area contributed by atoms with Gasteiger partial charge in [-0.25, -0.2) is 9.67 Å². The lowest BCUT2D eigenvalue weighted by Gasteiger charge is -2.26. The molecular formula is C23H29N11O2. The normalized spacial score (nSPS) is 14.2. The van der Waals surface area contributed by atoms with Gasteiger partial charge in [-0.3, -0.25) is 19.4 Å². The highest BCUT2D eigenvalue weighted by molar-refractivity contribution is 5.96. The van der Waals surface area contributed by atoms with Gasteiger partial charge in [-0.15, -0.1) is 0 Å². The predicted octanol–water partition coefficient (Wildman–Crippen LogP) is 1.35. The molecule has 36 heavy (non-hydrogen) atoms. The SMILES string of the molecule is Cc1ncc(C(=O)NCCN2CCOCC2)cc1Nc1nn(C)c2nc(Nc3cnn(C)c3)ncc12. The minimum Gasteiger partial charge on any atom is -0.379 e. The Morgan fingerprint density at radius 3 is 2.72 bits per heavy atom. The van der Waals surface area contributed by atoms with Gasteiger partial charge in [0.15, 0.2) is 11.5 Å². The Kier molecular flexibility index (Phi) is 6.73. The molecule has 1 aliphatic rings. The number of amides is 1. The van der Waals surface area contributed by atoms with E-state index in [1.165, 1.54) is 0 Å². The van der Waals surface area contributed by atoms with E-state index in [1.807, 2.05) is 27.2 Å². The molecule has 0 radical (unpaired) electrons. The molecule has 0 aliphatic carbocycles. The van der Waals surface area contributed by atoms with Gasteiger partial charge in [0.1, 0.15) is 0 Å². The van der Waals surface area contributed by atoms with Crippen LogP contribution in [0.25, 0.3) is 11.0 Å². The van der Waals surface area contributed by atoms with Crippen molar-refractivity contribution in [3.8, 4) is 0 Å². The zero-order chi connectivity index (χ0) is 25.1. The second kappa shape index (κ2) is 10.3. The summed E-state index contributed by atoms with van der Waals surface area (Å²) in [5, 5.41) is 18.9. The van der Waals surface area contributed by atoms with Crippen LogP contribution in [0.5, 0.6) is 0 Å². The summed E-state index contributed by atoms with van der Waals surface area (Å²) in [6.07, 6.45) is 6.83. The number of aromatic nitrogens is 7. The number of carbonyl (C=O) groups excluding carboxylic acids is 1. The maximum absolute atomic E-state index is 12.7. The van der Waals surface area contributed by atoms with Gasteiger partial charge in [-0.2, -0.15) is 15.2 Å². The minimum absolute atomic E-state index is 0.167. The Labute approximate surface area is 207 Å². The van der Waals surface area contributed by atoms with Crippen molar-refractivity contribution in [2.75, 3.05) is 50.0 Å². The number of morpholine rings is 1. The maximum Gasteiger partial charge on any atom is 0.252 e. The molecule has 5 heterocycles. The molecule has 0 aromatic carbocycles. The van der Waals surface area contributed by atoms with Crippen molar-refractivity contribution in [1.82, 2.24) is 44.7 Å². The molecule has 4 aromatic heterocycles. The van der Waals surface area contributed by atoms with Gasteiger partial charge >= 0.3 is 0 Å². The molecule has 0 spiro atoms. The third-order valence-electron chi connectivity index (χ3n) is 5.96. The van der Waals surface area contributed by atoms with E-state index in [2.05, 4.69) is 46.0 Å². The summed E-state index contributed by atoms with van der Waals surface area (Å²) >= 11 is 0. The lowest BCUT2D eigenvalue weighted by molar-refractivity contribution is 0.0383. The van der Waals surface area contributed by atoms with Gasteiger partial charge in [-0.05, 0) is 13.0 Å². The topological polar surface area (TPSA) is 140 Å². The van der Waals surface area contributed by atoms with E-state index in [1.54, 1.807) is 34.0 Å². The predicted molar refractivity (Wildman–Crippen MR) is 135 cm³/mol. The standard InChI is InChI=1S/C23H29N11O2/c1-15-19(10-16(11-25-15)22(35)24-4-5-34-6-8-36-9-7-34)29-20-18-13-26-23(30-21(18)33(3)31-20)28-17-12-27-32(2)14-17/h10-14H,4-9H2,1-3H3,(H,24,35)(H,29,31)(H,26,28,30). The minimum atomic E-state index is -0.167. The van der Waals surface area contributed by atoms with E-state index >= 15 is 0 Å². The van der Waals surface area contributed by atoms with Gasteiger partial charge in [0.05, 0.1) is 47.4 Å². The number of nitrogens with one attached hydrogen (secondary N) is 3. The number of nitrogens with zero attached hydrogens (tertiary/aromatic N) is 8. The average molecular weight is 492 g/mol. The summed E-state index contributed by atoms with van der Waals surface area (Å²) in [6, 6.07) is 1.78. The molecule has 0 bridgehead atoms. The molecule has 188 valence electrons. The fraction of sp³-hybridized carbons (Fsp3) is 0.391. The van der Waals surface area contributed by atoms with Crippen LogP contribution in [-0.4, -0.2) is 84.7 Å². The fourth-order valence-corrected chi connectivity index (χ4v) is 3.97. The first kappa shape index (κ1) is 23.6. The van der Waals surface area contributed by atoms with Gasteiger partial charge in [0, 0.05) is 58.9 Å². The number of hydrogen-bond acceptors (Lipinski definition) is 10. The molecule has 4 aromatic rings. The quantitative estimate of drug-likeness (QED) is 0.331. The summed E-state index contributed by atoms with van der Waals surface area (Å²) in [5.74, 6) is 0.855. The summed E-state index contributed by atoms with van der Waals surface area (Å²) in [4.78, 5) is 28.4. The lowest BCUT2D eigenvalue weighted by atomic mass is 10.2. The third-order valence-corrected chi connectivity index (χ3v) is 5.96. The van der Waals surface area contributed by atoms with Crippen LogP contribution in [0, 0.1) is 6.92 Å². The Morgan fingerprint density at radius 1 is 1.11 bits per heavy atom. The number of pyridine rings is 1. The van der Waals surface area contributed by atoms with Crippen molar-refractivity contribution in [3.05, 3.63) is 42.1 Å². The van der Waals surface area contributed by atoms with E-state index < -0.39 is 0 Å². The van der Waals surface area contributed by atoms with Crippen LogP contribution < -0.4 is 16.0 Å². The molecule has 1 saturated heterocycles. The molecule has 0 saturated carbocycles. The first-order chi connectivity index (χ1) is 17.5. The summed E-state index contributed by atoms with van der Waals surface area (Å²) in [7, 11) is 3.66. The van der Waals surface area contributed by atoms with Gasteiger partial charge in [-0.1, -0.05) is 0 Å². The van der Waals surface area contributed by atoms with Gasteiger partial charge in [0.25, 0.3) is 5.91 Å². The number of rotatable bonds is 8. The van der Waals surface area contributed by atoms with E-state index in [9.17, 15) is 4.79 Å². The summed E-state index contributed by atoms with van der Waals surface area (Å²) in [5.41, 5.74) is 3.35. The second-order valence-corrected chi connectivity index (χ2v) is 8.62. The largest absolute Gasteiger partial charge is 0.379 e. The highest BCUT2D eigenvalue weighted by Gasteiger charge is 2.16. The zero-order valence-corrected chi connectivity index (χ0v) is 20.5. The number of ether oxygens (including phenoxy) is 1. The van der Waals surface area contributed by atoms with Crippen LogP contribution in [0.15, 0.2) is 30.9 Å². The molecule has 1 fully saturated rings. The van der Waals surface area contributed by atoms with Crippen molar-refractivity contribution < 1.29 is 9.53 Å². The monoisotopic (exact) mass is 491 g/mol. The number of fused-ring (bicyclic) bond motifs is 1. The third kappa shape index (κ3) is 5.26. The number of carbonyl (C=O) groups is 1. The lowest BCUT2D eigenvalue weighted by Crippen LogP contribution is -2.41. The first-order valence-corrected chi connectivity index (χ1v) is 11.7. The van der Waals surface area contributed by atoms with Crippen LogP contribution >= 0.6 is 0 Å². The Bertz CT molecular complexity index is 1370. The highest BCUT2D eigenvalue weighted by Crippen LogP contribution is 2.26. The Balaban J connectivity index is 1.29. The second-order valence-electron chi connectivity index (χ2n) is 8.62. The van der Waals surface area contributed by atoms with E-state index in [0.717, 1.165) is 49.6 Å². The van der Waals surface area contributed by atoms with E-state index in [0.29, 0.717) is 35.2 Å². The van der Waals surface area contributed by atoms with Crippen molar-refractivity contribution in [2.45, 2.75) is 6.92 Å². The van der Waals surface area contributed by atoms with Gasteiger partial charge in [0.2, 0.25) is 5.95 Å². The maximum atomic E-state index is 12.7. The van der Waals surface area contributed by atoms with Crippen LogP contribution in [0.2, 0.25) is 0 Å². The first-order valence-electron chi connectivity index (χ1n) is 11.7. The van der Waals surface area contributed by atoms with Crippen molar-refractivity contribution >= 4 is 40.1 Å².